The van der Waals surface area contributed by atoms with E-state index in [-0.39, 0.29) is 24.8 Å². The van der Waals surface area contributed by atoms with Crippen LogP contribution in [0.15, 0.2) is 44.9 Å². The van der Waals surface area contributed by atoms with Gasteiger partial charge in [-0.1, -0.05) is 0 Å². The summed E-state index contributed by atoms with van der Waals surface area (Å²) in [6.45, 7) is 7.01. The molecule has 0 aromatic carbocycles. The van der Waals surface area contributed by atoms with Crippen LogP contribution >= 0.6 is 0 Å². The molecular weight excluding hydrogens is 418 g/mol. The molecule has 2 aliphatic carbocycles. The molecule has 3 heteroatoms. The molecule has 1 atom stereocenters. The molecule has 0 fully saturated rings. The van der Waals surface area contributed by atoms with Crippen molar-refractivity contribution < 1.29 is 47.7 Å². The molecule has 92 valence electrons. The zero-order valence-corrected chi connectivity index (χ0v) is 15.7. The summed E-state index contributed by atoms with van der Waals surface area (Å²) in [6, 6.07) is 0. The molecule has 0 N–H and O–H groups in total. The Balaban J connectivity index is 0.00000128. The second kappa shape index (κ2) is 7.11. The molecular formula is C14H18Cl2Hf. The van der Waals surface area contributed by atoms with Crippen LogP contribution in [-0.2, 0) is 22.9 Å². The summed E-state index contributed by atoms with van der Waals surface area (Å²) in [5.41, 5.74) is 3.23. The van der Waals surface area contributed by atoms with Crippen molar-refractivity contribution in [3.63, 3.8) is 0 Å². The van der Waals surface area contributed by atoms with Crippen molar-refractivity contribution in [3.05, 3.63) is 44.9 Å². The molecule has 0 nitrogen and oxygen atoms in total. The first-order valence-corrected chi connectivity index (χ1v) is 9.28. The third kappa shape index (κ3) is 3.68. The maximum atomic E-state index is 2.43. The van der Waals surface area contributed by atoms with Gasteiger partial charge < -0.3 is 24.8 Å². The smallest absolute Gasteiger partial charge is 1.00 e. The molecule has 0 amide bonds. The van der Waals surface area contributed by atoms with Crippen LogP contribution in [0.4, 0.5) is 0 Å². The number of rotatable bonds is 3. The molecule has 0 aromatic heterocycles. The minimum absolute atomic E-state index is 0. The zero-order chi connectivity index (χ0) is 10.9. The van der Waals surface area contributed by atoms with E-state index >= 15 is 0 Å². The molecule has 1 unspecified atom stereocenters. The second-order valence-electron chi connectivity index (χ2n) is 4.50. The number of allylic oxidation sites excluding steroid dienone is 8. The Labute approximate surface area is 129 Å². The summed E-state index contributed by atoms with van der Waals surface area (Å²) in [5, 5.41) is 0. The van der Waals surface area contributed by atoms with Gasteiger partial charge in [-0.3, -0.25) is 0 Å². The van der Waals surface area contributed by atoms with Crippen LogP contribution in [0.5, 0.6) is 0 Å². The topological polar surface area (TPSA) is 0 Å². The van der Waals surface area contributed by atoms with E-state index in [1.807, 2.05) is 3.33 Å². The molecule has 0 radical (unpaired) electrons. The largest absolute Gasteiger partial charge is 1.00 e. The Morgan fingerprint density at radius 1 is 1.35 bits per heavy atom. The maximum absolute atomic E-state index is 2.43. The van der Waals surface area contributed by atoms with Crippen LogP contribution in [0.1, 0.15) is 33.6 Å². The van der Waals surface area contributed by atoms with Crippen LogP contribution in [0.3, 0.4) is 0 Å². The number of halogens is 2. The monoisotopic (exact) mass is 436 g/mol. The van der Waals surface area contributed by atoms with Crippen molar-refractivity contribution >= 4 is 0 Å². The fourth-order valence-corrected chi connectivity index (χ4v) is 8.36. The summed E-state index contributed by atoms with van der Waals surface area (Å²) in [5.74, 6) is 0. The molecule has 0 spiro atoms. The Hall–Kier alpha value is 0.410. The molecule has 0 saturated heterocycles. The number of hydrogen-bond acceptors (Lipinski definition) is 0. The molecule has 0 aliphatic heterocycles. The van der Waals surface area contributed by atoms with Crippen molar-refractivity contribution in [2.45, 2.75) is 36.8 Å². The van der Waals surface area contributed by atoms with Crippen molar-refractivity contribution in [2.24, 2.45) is 0 Å². The van der Waals surface area contributed by atoms with Crippen LogP contribution in [0.2, 0.25) is 3.17 Å². The van der Waals surface area contributed by atoms with Crippen molar-refractivity contribution in [2.75, 3.05) is 0 Å². The maximum Gasteiger partial charge on any atom is -1.00 e. The average Bonchev–Trinajstić information content (AvgIpc) is 2.76. The standard InChI is InChI=1S/2C7H9.2ClH.Hf/c1-6-4-3-5-7(6)2;1-2-7-5-3-4-6-7;;;/h3-5H,1-2H3;3,5H,2,4H2,1H3;2*1H;/q;;;;+2/p-2. The first-order valence-electron chi connectivity index (χ1n) is 5.69. The minimum Gasteiger partial charge on any atom is -1.00 e. The van der Waals surface area contributed by atoms with Crippen LogP contribution in [0, 0.1) is 0 Å². The van der Waals surface area contributed by atoms with E-state index < -0.39 is 22.9 Å². The third-order valence-corrected chi connectivity index (χ3v) is 10.3. The Morgan fingerprint density at radius 3 is 2.59 bits per heavy atom. The van der Waals surface area contributed by atoms with Crippen molar-refractivity contribution in [1.29, 1.82) is 0 Å². The second-order valence-corrected chi connectivity index (χ2v) is 11.3. The van der Waals surface area contributed by atoms with Gasteiger partial charge in [-0.05, 0) is 0 Å². The molecule has 0 bridgehead atoms. The fraction of sp³-hybridized carbons (Fsp3) is 0.429. The molecule has 0 aromatic rings. The number of hydrogen-bond donors (Lipinski definition) is 0. The summed E-state index contributed by atoms with van der Waals surface area (Å²) < 4.78 is 2.31. The van der Waals surface area contributed by atoms with E-state index in [2.05, 4.69) is 51.2 Å². The van der Waals surface area contributed by atoms with E-state index in [0.29, 0.717) is 3.17 Å². The average molecular weight is 436 g/mol. The SMILES string of the molecule is CCC1=[C]([Hf+2][C]2(C)C=CC=C2C)CC=C1.[Cl-].[Cl-]. The Kier molecular flexibility index (Phi) is 7.28. The van der Waals surface area contributed by atoms with Gasteiger partial charge >= 0.3 is 105 Å². The van der Waals surface area contributed by atoms with Gasteiger partial charge in [0.25, 0.3) is 0 Å². The summed E-state index contributed by atoms with van der Waals surface area (Å²) in [4.78, 5) is 0. The van der Waals surface area contributed by atoms with Gasteiger partial charge in [-0.15, -0.1) is 0 Å². The van der Waals surface area contributed by atoms with Gasteiger partial charge in [-0.2, -0.15) is 0 Å². The zero-order valence-electron chi connectivity index (χ0n) is 10.6. The van der Waals surface area contributed by atoms with Crippen LogP contribution in [0.25, 0.3) is 0 Å². The predicted octanol–water partition coefficient (Wildman–Crippen LogP) is -1.60. The third-order valence-electron chi connectivity index (χ3n) is 3.42. The van der Waals surface area contributed by atoms with Gasteiger partial charge in [0.05, 0.1) is 0 Å². The van der Waals surface area contributed by atoms with Gasteiger partial charge in [0, 0.05) is 0 Å². The van der Waals surface area contributed by atoms with Crippen molar-refractivity contribution in [1.82, 2.24) is 0 Å². The van der Waals surface area contributed by atoms with Gasteiger partial charge in [-0.25, -0.2) is 0 Å². The van der Waals surface area contributed by atoms with E-state index in [9.17, 15) is 0 Å². The molecule has 0 heterocycles. The van der Waals surface area contributed by atoms with E-state index in [1.165, 1.54) is 12.8 Å². The fourth-order valence-electron chi connectivity index (χ4n) is 2.16. The predicted molar refractivity (Wildman–Crippen MR) is 62.3 cm³/mol. The Morgan fingerprint density at radius 2 is 2.06 bits per heavy atom. The molecule has 0 saturated carbocycles. The van der Waals surface area contributed by atoms with Crippen LogP contribution < -0.4 is 24.8 Å². The molecule has 2 aliphatic rings. The minimum atomic E-state index is -0.725. The quantitative estimate of drug-likeness (QED) is 0.469. The summed E-state index contributed by atoms with van der Waals surface area (Å²) in [7, 11) is 0. The molecule has 2 rings (SSSR count). The van der Waals surface area contributed by atoms with Gasteiger partial charge in [0.1, 0.15) is 0 Å². The van der Waals surface area contributed by atoms with Crippen LogP contribution in [-0.4, -0.2) is 0 Å². The summed E-state index contributed by atoms with van der Waals surface area (Å²) >= 11 is -0.725. The van der Waals surface area contributed by atoms with Crippen molar-refractivity contribution in [3.8, 4) is 0 Å². The molecule has 17 heavy (non-hydrogen) atoms. The van der Waals surface area contributed by atoms with E-state index in [4.69, 9.17) is 0 Å². The van der Waals surface area contributed by atoms with Gasteiger partial charge in [0.2, 0.25) is 0 Å². The normalized spacial score (nSPS) is 25.2. The first kappa shape index (κ1) is 17.4. The van der Waals surface area contributed by atoms with E-state index in [1.54, 1.807) is 11.1 Å². The Bertz CT molecular complexity index is 391. The first-order chi connectivity index (χ1) is 7.15. The summed E-state index contributed by atoms with van der Waals surface area (Å²) in [6.07, 6.45) is 14.2. The van der Waals surface area contributed by atoms with Gasteiger partial charge in [0.15, 0.2) is 0 Å². The van der Waals surface area contributed by atoms with E-state index in [0.717, 1.165) is 0 Å².